The van der Waals surface area contributed by atoms with E-state index in [0.29, 0.717) is 25.7 Å². The number of ether oxygens (including phenoxy) is 2. The maximum absolute atomic E-state index is 14.1. The summed E-state index contributed by atoms with van der Waals surface area (Å²) in [5, 5.41) is 4.80. The van der Waals surface area contributed by atoms with Gasteiger partial charge in [0.1, 0.15) is 35.0 Å². The molecule has 14 nitrogen and oxygen atoms in total. The van der Waals surface area contributed by atoms with Crippen LogP contribution in [0.2, 0.25) is 0 Å². The highest BCUT2D eigenvalue weighted by Gasteiger charge is 2.62. The van der Waals surface area contributed by atoms with Gasteiger partial charge in [-0.1, -0.05) is 31.1 Å². The first kappa shape index (κ1) is 34.3. The summed E-state index contributed by atoms with van der Waals surface area (Å²) < 4.78 is 38.6. The first-order valence-electron chi connectivity index (χ1n) is 16.2. The molecule has 2 aliphatic heterocycles. The van der Waals surface area contributed by atoms with Crippen LogP contribution in [0.1, 0.15) is 89.0 Å². The van der Waals surface area contributed by atoms with Crippen LogP contribution in [0.25, 0.3) is 0 Å². The summed E-state index contributed by atoms with van der Waals surface area (Å²) >= 11 is 0. The lowest BCUT2D eigenvalue weighted by Gasteiger charge is -2.30. The second kappa shape index (κ2) is 13.6. The summed E-state index contributed by atoms with van der Waals surface area (Å²) in [7, 11) is -3.89. The number of pyridine rings is 1. The highest BCUT2D eigenvalue weighted by atomic mass is 32.2. The number of nitrogens with one attached hydrogen (secondary N) is 3. The van der Waals surface area contributed by atoms with E-state index in [1.807, 2.05) is 12.2 Å². The number of carbonyl (C=O) groups excluding carboxylic acids is 5. The lowest BCUT2D eigenvalue weighted by Crippen LogP contribution is -2.58. The van der Waals surface area contributed by atoms with Crippen LogP contribution in [0, 0.1) is 5.92 Å². The Kier molecular flexibility index (Phi) is 9.94. The molecule has 0 bridgehead atoms. The monoisotopic (exact) mass is 673 g/mol. The Morgan fingerprint density at radius 1 is 1.09 bits per heavy atom. The molecule has 2 aliphatic carbocycles. The van der Waals surface area contributed by atoms with Crippen molar-refractivity contribution in [3.8, 4) is 0 Å². The van der Waals surface area contributed by atoms with Gasteiger partial charge in [-0.2, -0.15) is 0 Å². The van der Waals surface area contributed by atoms with Crippen LogP contribution in [0.3, 0.4) is 0 Å². The van der Waals surface area contributed by atoms with Crippen molar-refractivity contribution in [1.82, 2.24) is 25.2 Å². The van der Waals surface area contributed by atoms with E-state index in [1.165, 1.54) is 17.2 Å². The number of esters is 1. The quantitative estimate of drug-likeness (QED) is 0.298. The second-order valence-corrected chi connectivity index (χ2v) is 15.7. The Bertz CT molecular complexity index is 1520. The molecule has 3 fully saturated rings. The molecule has 5 rings (SSSR count). The second-order valence-electron chi connectivity index (χ2n) is 13.7. The molecule has 47 heavy (non-hydrogen) atoms. The summed E-state index contributed by atoms with van der Waals surface area (Å²) in [5.74, 6) is -3.27. The Morgan fingerprint density at radius 3 is 2.53 bits per heavy atom. The number of alkyl carbamates (subject to hydrolysis) is 1. The molecule has 1 saturated heterocycles. The number of sulfonamides is 1. The van der Waals surface area contributed by atoms with Crippen molar-refractivity contribution in [1.29, 1.82) is 0 Å². The van der Waals surface area contributed by atoms with Crippen molar-refractivity contribution in [3.05, 3.63) is 42.2 Å². The summed E-state index contributed by atoms with van der Waals surface area (Å²) in [6, 6.07) is 2.52. The lowest BCUT2D eigenvalue weighted by molar-refractivity contribution is -0.141. The number of fused-ring (bicyclic) bond motifs is 2. The Hall–Kier alpha value is -4.01. The number of hydrogen-bond acceptors (Lipinski definition) is 10. The van der Waals surface area contributed by atoms with Crippen LogP contribution in [0.4, 0.5) is 4.79 Å². The van der Waals surface area contributed by atoms with Crippen molar-refractivity contribution in [2.75, 3.05) is 6.54 Å². The number of allylic oxidation sites excluding steroid dienone is 1. The van der Waals surface area contributed by atoms with Gasteiger partial charge in [0.25, 0.3) is 5.91 Å². The van der Waals surface area contributed by atoms with Gasteiger partial charge in [0.05, 0.1) is 11.8 Å². The van der Waals surface area contributed by atoms with Crippen LogP contribution < -0.4 is 15.4 Å². The third-order valence-electron chi connectivity index (χ3n) is 8.68. The molecular formula is C32H43N5O9S. The number of carbonyl (C=O) groups is 5. The standard InChI is InChI=1S/C32H43N5O9S/c1-31(2,3)46-30(42)34-23-12-8-6-4-5-7-11-20-18-32(20,29(41)36-47(43,44)22-14-15-22)35-26(38)25-17-21(19-37(25)27(23)39)45-28(40)24-13-9-10-16-33-24/h7,9-11,13,16,20-23,25H,4-6,8,12,14-15,17-19H2,1-3H3,(H,34,42)(H,35,38)(H,36,41)/b11-7+. The maximum atomic E-state index is 14.1. The molecule has 15 heteroatoms. The average molecular weight is 674 g/mol. The molecule has 3 N–H and O–H groups in total. The SMILES string of the molecule is CC(C)(C)OC(=O)NC1CCCCC/C=C/C2CC2(C(=O)NS(=O)(=O)C2CC2)NC(=O)C2CC(OC(=O)c3ccccn3)CN2C1=O. The Balaban J connectivity index is 1.42. The predicted octanol–water partition coefficient (Wildman–Crippen LogP) is 2.10. The summed E-state index contributed by atoms with van der Waals surface area (Å²) in [6.07, 6.45) is 7.57. The van der Waals surface area contributed by atoms with E-state index in [-0.39, 0.29) is 31.5 Å². The van der Waals surface area contributed by atoms with Crippen LogP contribution in [0.5, 0.6) is 0 Å². The molecule has 2 saturated carbocycles. The topological polar surface area (TPSA) is 190 Å². The molecule has 0 spiro atoms. The van der Waals surface area contributed by atoms with Gasteiger partial charge in [-0.15, -0.1) is 0 Å². The molecule has 1 aromatic rings. The lowest BCUT2D eigenvalue weighted by atomic mass is 10.0. The minimum absolute atomic E-state index is 0.0531. The van der Waals surface area contributed by atoms with E-state index in [0.717, 1.165) is 12.8 Å². The van der Waals surface area contributed by atoms with Crippen molar-refractivity contribution in [2.45, 2.75) is 113 Å². The first-order valence-corrected chi connectivity index (χ1v) is 17.7. The van der Waals surface area contributed by atoms with Crippen LogP contribution in [-0.2, 0) is 33.9 Å². The average Bonchev–Trinajstić information content (AvgIpc) is 3.92. The predicted molar refractivity (Wildman–Crippen MR) is 168 cm³/mol. The number of amides is 4. The van der Waals surface area contributed by atoms with Crippen LogP contribution in [-0.4, -0.2) is 89.2 Å². The minimum Gasteiger partial charge on any atom is -0.456 e. The molecular weight excluding hydrogens is 630 g/mol. The molecule has 0 radical (unpaired) electrons. The summed E-state index contributed by atoms with van der Waals surface area (Å²) in [6.45, 7) is 4.95. The fourth-order valence-corrected chi connectivity index (χ4v) is 7.36. The van der Waals surface area contributed by atoms with Gasteiger partial charge < -0.3 is 25.0 Å². The zero-order valence-corrected chi connectivity index (χ0v) is 27.7. The highest BCUT2D eigenvalue weighted by Crippen LogP contribution is 2.46. The Morgan fingerprint density at radius 2 is 1.85 bits per heavy atom. The number of aromatic nitrogens is 1. The van der Waals surface area contributed by atoms with Crippen molar-refractivity contribution in [3.63, 3.8) is 0 Å². The van der Waals surface area contributed by atoms with E-state index >= 15 is 0 Å². The smallest absolute Gasteiger partial charge is 0.408 e. The van der Waals surface area contributed by atoms with Gasteiger partial charge in [0.15, 0.2) is 0 Å². The first-order chi connectivity index (χ1) is 22.2. The summed E-state index contributed by atoms with van der Waals surface area (Å²) in [5.41, 5.74) is -2.29. The van der Waals surface area contributed by atoms with Gasteiger partial charge in [-0.3, -0.25) is 19.1 Å². The van der Waals surface area contributed by atoms with Crippen molar-refractivity contribution >= 4 is 39.8 Å². The molecule has 256 valence electrons. The van der Waals surface area contributed by atoms with Gasteiger partial charge in [0, 0.05) is 18.5 Å². The largest absolute Gasteiger partial charge is 0.456 e. The fourth-order valence-electron chi connectivity index (χ4n) is 5.99. The van der Waals surface area contributed by atoms with E-state index in [9.17, 15) is 32.4 Å². The maximum Gasteiger partial charge on any atom is 0.408 e. The number of hydrogen-bond donors (Lipinski definition) is 3. The van der Waals surface area contributed by atoms with Crippen LogP contribution >= 0.6 is 0 Å². The molecule has 4 aliphatic rings. The molecule has 5 atom stereocenters. The van der Waals surface area contributed by atoms with Crippen molar-refractivity contribution < 1.29 is 41.9 Å². The van der Waals surface area contributed by atoms with E-state index in [4.69, 9.17) is 9.47 Å². The third-order valence-corrected chi connectivity index (χ3v) is 10.5. The molecule has 5 unspecified atom stereocenters. The van der Waals surface area contributed by atoms with Gasteiger partial charge in [-0.25, -0.2) is 23.0 Å². The fraction of sp³-hybridized carbons (Fsp3) is 0.625. The van der Waals surface area contributed by atoms with E-state index < -0.39 is 80.3 Å². The minimum atomic E-state index is -3.89. The van der Waals surface area contributed by atoms with Gasteiger partial charge in [-0.05, 0) is 71.4 Å². The number of nitrogens with zero attached hydrogens (tertiary/aromatic N) is 2. The molecule has 4 amide bonds. The van der Waals surface area contributed by atoms with Crippen LogP contribution in [0.15, 0.2) is 36.5 Å². The zero-order valence-electron chi connectivity index (χ0n) is 26.9. The molecule has 3 heterocycles. The highest BCUT2D eigenvalue weighted by molar-refractivity contribution is 7.91. The summed E-state index contributed by atoms with van der Waals surface area (Å²) in [4.78, 5) is 72.6. The number of rotatable bonds is 6. The van der Waals surface area contributed by atoms with Gasteiger partial charge >= 0.3 is 12.1 Å². The Labute approximate surface area is 274 Å². The van der Waals surface area contributed by atoms with E-state index in [1.54, 1.807) is 32.9 Å². The molecule has 1 aromatic heterocycles. The van der Waals surface area contributed by atoms with Crippen molar-refractivity contribution in [2.24, 2.45) is 5.92 Å². The van der Waals surface area contributed by atoms with Gasteiger partial charge in [0.2, 0.25) is 21.8 Å². The van der Waals surface area contributed by atoms with E-state index in [2.05, 4.69) is 20.3 Å². The third kappa shape index (κ3) is 8.48. The zero-order chi connectivity index (χ0) is 34.0. The molecule has 0 aromatic carbocycles. The normalized spacial score (nSPS) is 29.1.